The van der Waals surface area contributed by atoms with E-state index in [-0.39, 0.29) is 0 Å². The van der Waals surface area contributed by atoms with E-state index in [4.69, 9.17) is 4.99 Å². The first kappa shape index (κ1) is 19.7. The Balaban J connectivity index is 1.88. The topological polar surface area (TPSA) is 67.1 Å². The zero-order valence-electron chi connectivity index (χ0n) is 16.5. The van der Waals surface area contributed by atoms with Gasteiger partial charge in [0, 0.05) is 19.6 Å². The molecule has 1 heterocycles. The fourth-order valence-electron chi connectivity index (χ4n) is 3.22. The monoisotopic (exact) mass is 348 g/mol. The van der Waals surface area contributed by atoms with E-state index in [0.29, 0.717) is 12.6 Å². The Bertz CT molecular complexity index is 528. The first-order chi connectivity index (χ1) is 12.1. The van der Waals surface area contributed by atoms with Gasteiger partial charge in [-0.25, -0.2) is 4.99 Å². The average molecular weight is 349 g/mol. The molecule has 0 bridgehead atoms. The number of nitrogens with one attached hydrogen (secondary N) is 2. The molecule has 2 rings (SSSR count). The Morgan fingerprint density at radius 3 is 2.60 bits per heavy atom. The SMILES string of the molecule is Cc1nnc(CN=C(NCCCCC(C)C)NC2CCCCC2)n1C. The summed E-state index contributed by atoms with van der Waals surface area (Å²) in [7, 11) is 1.99. The van der Waals surface area contributed by atoms with E-state index >= 15 is 0 Å². The van der Waals surface area contributed by atoms with Crippen LogP contribution in [0.2, 0.25) is 0 Å². The second-order valence-corrected chi connectivity index (χ2v) is 7.68. The maximum Gasteiger partial charge on any atom is 0.191 e. The predicted molar refractivity (Wildman–Crippen MR) is 104 cm³/mol. The van der Waals surface area contributed by atoms with E-state index in [1.165, 1.54) is 51.4 Å². The zero-order valence-corrected chi connectivity index (χ0v) is 16.5. The molecule has 6 nitrogen and oxygen atoms in total. The summed E-state index contributed by atoms with van der Waals surface area (Å²) < 4.78 is 2.00. The molecule has 1 aliphatic carbocycles. The van der Waals surface area contributed by atoms with Crippen LogP contribution in [0.3, 0.4) is 0 Å². The van der Waals surface area contributed by atoms with Crippen LogP contribution in [0.15, 0.2) is 4.99 Å². The highest BCUT2D eigenvalue weighted by molar-refractivity contribution is 5.80. The van der Waals surface area contributed by atoms with Crippen molar-refractivity contribution in [3.63, 3.8) is 0 Å². The number of hydrogen-bond acceptors (Lipinski definition) is 3. The van der Waals surface area contributed by atoms with E-state index in [9.17, 15) is 0 Å². The van der Waals surface area contributed by atoms with Crippen LogP contribution >= 0.6 is 0 Å². The molecule has 0 atom stereocenters. The van der Waals surface area contributed by atoms with E-state index < -0.39 is 0 Å². The van der Waals surface area contributed by atoms with Crippen molar-refractivity contribution in [2.24, 2.45) is 18.0 Å². The third kappa shape index (κ3) is 7.04. The maximum absolute atomic E-state index is 4.77. The van der Waals surface area contributed by atoms with Crippen molar-refractivity contribution in [3.8, 4) is 0 Å². The molecule has 0 radical (unpaired) electrons. The Morgan fingerprint density at radius 2 is 1.96 bits per heavy atom. The molecule has 25 heavy (non-hydrogen) atoms. The first-order valence-corrected chi connectivity index (χ1v) is 9.96. The largest absolute Gasteiger partial charge is 0.356 e. The molecular weight excluding hydrogens is 312 g/mol. The number of aliphatic imine (C=N–C) groups is 1. The molecule has 2 N–H and O–H groups in total. The van der Waals surface area contributed by atoms with Gasteiger partial charge in [0.15, 0.2) is 11.8 Å². The fourth-order valence-corrected chi connectivity index (χ4v) is 3.22. The average Bonchev–Trinajstić information content (AvgIpc) is 2.91. The van der Waals surface area contributed by atoms with E-state index in [1.807, 2.05) is 18.5 Å². The summed E-state index contributed by atoms with van der Waals surface area (Å²) in [5.74, 6) is 3.54. The van der Waals surface area contributed by atoms with Gasteiger partial charge in [-0.3, -0.25) is 0 Å². The molecule has 0 spiro atoms. The lowest BCUT2D eigenvalue weighted by Crippen LogP contribution is -2.44. The molecule has 0 aromatic carbocycles. The lowest BCUT2D eigenvalue weighted by Gasteiger charge is -2.25. The predicted octanol–water partition coefficient (Wildman–Crippen LogP) is 3.32. The van der Waals surface area contributed by atoms with Gasteiger partial charge in [0.2, 0.25) is 0 Å². The van der Waals surface area contributed by atoms with Gasteiger partial charge < -0.3 is 15.2 Å². The van der Waals surface area contributed by atoms with Gasteiger partial charge in [-0.05, 0) is 32.1 Å². The molecule has 142 valence electrons. The number of hydrogen-bond donors (Lipinski definition) is 2. The Morgan fingerprint density at radius 1 is 1.20 bits per heavy atom. The highest BCUT2D eigenvalue weighted by Gasteiger charge is 2.15. The van der Waals surface area contributed by atoms with Crippen molar-refractivity contribution in [2.45, 2.75) is 84.7 Å². The van der Waals surface area contributed by atoms with E-state index in [2.05, 4.69) is 34.7 Å². The molecule has 0 saturated heterocycles. The van der Waals surface area contributed by atoms with Gasteiger partial charge in [-0.2, -0.15) is 0 Å². The molecular formula is C19H36N6. The minimum absolute atomic E-state index is 0.553. The number of nitrogens with zero attached hydrogens (tertiary/aromatic N) is 4. The molecule has 1 aliphatic rings. The molecule has 6 heteroatoms. The van der Waals surface area contributed by atoms with E-state index in [0.717, 1.165) is 30.1 Å². The van der Waals surface area contributed by atoms with Crippen molar-refractivity contribution in [2.75, 3.05) is 6.54 Å². The van der Waals surface area contributed by atoms with E-state index in [1.54, 1.807) is 0 Å². The van der Waals surface area contributed by atoms with Gasteiger partial charge >= 0.3 is 0 Å². The molecule has 0 unspecified atom stereocenters. The molecule has 1 fully saturated rings. The summed E-state index contributed by atoms with van der Waals surface area (Å²) in [6, 6.07) is 0.553. The number of rotatable bonds is 8. The summed E-state index contributed by atoms with van der Waals surface area (Å²) in [6.07, 6.45) is 10.3. The highest BCUT2D eigenvalue weighted by atomic mass is 15.3. The van der Waals surface area contributed by atoms with Crippen molar-refractivity contribution in [1.82, 2.24) is 25.4 Å². The fraction of sp³-hybridized carbons (Fsp3) is 0.842. The minimum atomic E-state index is 0.553. The van der Waals surface area contributed by atoms with Crippen LogP contribution in [0.1, 0.15) is 76.9 Å². The standard InChI is InChI=1S/C19H36N6/c1-15(2)10-8-9-13-20-19(22-17-11-6-5-7-12-17)21-14-18-24-23-16(3)25(18)4/h15,17H,5-14H2,1-4H3,(H2,20,21,22). The number of aromatic nitrogens is 3. The second kappa shape index (κ2) is 10.4. The quantitative estimate of drug-likeness (QED) is 0.430. The minimum Gasteiger partial charge on any atom is -0.356 e. The molecule has 1 aromatic heterocycles. The van der Waals surface area contributed by atoms with Crippen LogP contribution < -0.4 is 10.6 Å². The lowest BCUT2D eigenvalue weighted by molar-refractivity contribution is 0.409. The highest BCUT2D eigenvalue weighted by Crippen LogP contribution is 2.17. The van der Waals surface area contributed by atoms with Gasteiger partial charge in [-0.15, -0.1) is 10.2 Å². The van der Waals surface area contributed by atoms with Crippen LogP contribution in [0.25, 0.3) is 0 Å². The maximum atomic E-state index is 4.77. The van der Waals surface area contributed by atoms with Gasteiger partial charge in [0.25, 0.3) is 0 Å². The van der Waals surface area contributed by atoms with Gasteiger partial charge in [0.1, 0.15) is 12.4 Å². The van der Waals surface area contributed by atoms with Gasteiger partial charge in [-0.1, -0.05) is 46.0 Å². The van der Waals surface area contributed by atoms with Crippen molar-refractivity contribution >= 4 is 5.96 Å². The normalized spacial score (nSPS) is 16.4. The Kier molecular flexibility index (Phi) is 8.22. The lowest BCUT2D eigenvalue weighted by atomic mass is 9.96. The zero-order chi connectivity index (χ0) is 18.1. The first-order valence-electron chi connectivity index (χ1n) is 9.96. The molecule has 0 aliphatic heterocycles. The number of guanidine groups is 1. The van der Waals surface area contributed by atoms with Crippen molar-refractivity contribution in [3.05, 3.63) is 11.6 Å². The number of aryl methyl sites for hydroxylation is 1. The van der Waals surface area contributed by atoms with Crippen LogP contribution in [0.5, 0.6) is 0 Å². The summed E-state index contributed by atoms with van der Waals surface area (Å²) in [5, 5.41) is 15.5. The van der Waals surface area contributed by atoms with Gasteiger partial charge in [0.05, 0.1) is 0 Å². The van der Waals surface area contributed by atoms with Crippen LogP contribution in [0.4, 0.5) is 0 Å². The summed E-state index contributed by atoms with van der Waals surface area (Å²) in [6.45, 7) is 8.07. The summed E-state index contributed by atoms with van der Waals surface area (Å²) in [5.41, 5.74) is 0. The van der Waals surface area contributed by atoms with Crippen LogP contribution in [-0.4, -0.2) is 33.3 Å². The van der Waals surface area contributed by atoms with Crippen molar-refractivity contribution in [1.29, 1.82) is 0 Å². The summed E-state index contributed by atoms with van der Waals surface area (Å²) >= 11 is 0. The summed E-state index contributed by atoms with van der Waals surface area (Å²) in [4.78, 5) is 4.77. The second-order valence-electron chi connectivity index (χ2n) is 7.68. The van der Waals surface area contributed by atoms with Crippen LogP contribution in [0, 0.1) is 12.8 Å². The molecule has 1 saturated carbocycles. The van der Waals surface area contributed by atoms with Crippen molar-refractivity contribution < 1.29 is 0 Å². The third-order valence-corrected chi connectivity index (χ3v) is 5.01. The molecule has 0 amide bonds. The van der Waals surface area contributed by atoms with Crippen LogP contribution in [-0.2, 0) is 13.6 Å². The number of unbranched alkanes of at least 4 members (excludes halogenated alkanes) is 1. The molecule has 1 aromatic rings. The Labute approximate surface area is 152 Å². The third-order valence-electron chi connectivity index (χ3n) is 5.01. The Hall–Kier alpha value is -1.59. The smallest absolute Gasteiger partial charge is 0.191 e.